The van der Waals surface area contributed by atoms with Crippen molar-refractivity contribution < 1.29 is 5.21 Å². The molecule has 0 aliphatic carbocycles. The van der Waals surface area contributed by atoms with Crippen molar-refractivity contribution >= 4 is 17.4 Å². The van der Waals surface area contributed by atoms with Gasteiger partial charge < -0.3 is 10.1 Å². The molecule has 1 rings (SSSR count). The van der Waals surface area contributed by atoms with Crippen molar-refractivity contribution in [2.75, 3.05) is 13.1 Å². The number of halogens is 1. The van der Waals surface area contributed by atoms with E-state index in [0.29, 0.717) is 10.9 Å². The minimum atomic E-state index is 0.580. The molecule has 0 bridgehead atoms. The second-order valence-corrected chi connectivity index (χ2v) is 3.54. The fourth-order valence-corrected chi connectivity index (χ4v) is 1.55. The van der Waals surface area contributed by atoms with Gasteiger partial charge in [-0.2, -0.15) is 0 Å². The van der Waals surface area contributed by atoms with Gasteiger partial charge in [-0.1, -0.05) is 16.8 Å². The molecule has 0 aromatic heterocycles. The Balaban J connectivity index is 2.97. The zero-order valence-corrected chi connectivity index (χ0v) is 9.70. The van der Waals surface area contributed by atoms with Crippen molar-refractivity contribution in [3.8, 4) is 0 Å². The van der Waals surface area contributed by atoms with E-state index in [1.165, 1.54) is 0 Å². The molecule has 0 saturated heterocycles. The van der Waals surface area contributed by atoms with Gasteiger partial charge in [0.1, 0.15) is 0 Å². The Bertz CT molecular complexity index is 331. The van der Waals surface area contributed by atoms with Crippen LogP contribution in [0.2, 0.25) is 5.02 Å². The van der Waals surface area contributed by atoms with E-state index in [1.54, 1.807) is 12.1 Å². The Morgan fingerprint density at radius 3 is 2.20 bits per heavy atom. The van der Waals surface area contributed by atoms with E-state index in [9.17, 15) is 0 Å². The molecule has 0 amide bonds. The molecule has 1 aromatic carbocycles. The van der Waals surface area contributed by atoms with Gasteiger partial charge in [-0.3, -0.25) is 0 Å². The minimum Gasteiger partial charge on any atom is -0.409 e. The number of rotatable bonds is 3. The van der Waals surface area contributed by atoms with Crippen molar-refractivity contribution in [2.45, 2.75) is 13.8 Å². The molecule has 0 aliphatic heterocycles. The predicted octanol–water partition coefficient (Wildman–Crippen LogP) is 2.82. The summed E-state index contributed by atoms with van der Waals surface area (Å²) in [6.45, 7) is 5.65. The lowest BCUT2D eigenvalue weighted by molar-refractivity contribution is 0.304. The zero-order chi connectivity index (χ0) is 11.3. The van der Waals surface area contributed by atoms with Crippen LogP contribution < -0.4 is 0 Å². The Hall–Kier alpha value is -1.22. The standard InChI is InChI=1S/C11H15ClN2O/c1-3-14(4-2)11(13-15)9-5-7-10(12)8-6-9/h5-8,15H,3-4H2,1-2H3. The van der Waals surface area contributed by atoms with Crippen LogP contribution in [0.3, 0.4) is 0 Å². The summed E-state index contributed by atoms with van der Waals surface area (Å²) in [6.07, 6.45) is 0. The number of nitrogens with zero attached hydrogens (tertiary/aromatic N) is 2. The average Bonchev–Trinajstić information content (AvgIpc) is 2.27. The molecule has 0 saturated carbocycles. The number of benzene rings is 1. The van der Waals surface area contributed by atoms with E-state index in [-0.39, 0.29) is 0 Å². The topological polar surface area (TPSA) is 35.8 Å². The maximum atomic E-state index is 8.99. The molecule has 0 radical (unpaired) electrons. The smallest absolute Gasteiger partial charge is 0.175 e. The van der Waals surface area contributed by atoms with E-state index in [4.69, 9.17) is 16.8 Å². The first-order chi connectivity index (χ1) is 7.22. The molecule has 82 valence electrons. The van der Waals surface area contributed by atoms with Crippen LogP contribution in [0.1, 0.15) is 19.4 Å². The Morgan fingerprint density at radius 1 is 1.27 bits per heavy atom. The summed E-state index contributed by atoms with van der Waals surface area (Å²) in [7, 11) is 0. The molecular weight excluding hydrogens is 212 g/mol. The maximum absolute atomic E-state index is 8.99. The first kappa shape index (κ1) is 11.9. The van der Waals surface area contributed by atoms with Gasteiger partial charge in [0.05, 0.1) is 0 Å². The van der Waals surface area contributed by atoms with Gasteiger partial charge in [0.2, 0.25) is 0 Å². The van der Waals surface area contributed by atoms with Crippen LogP contribution in [0.5, 0.6) is 0 Å². The minimum absolute atomic E-state index is 0.580. The molecule has 15 heavy (non-hydrogen) atoms. The van der Waals surface area contributed by atoms with Crippen LogP contribution in [0.15, 0.2) is 29.4 Å². The molecule has 1 aromatic rings. The summed E-state index contributed by atoms with van der Waals surface area (Å²) in [6, 6.07) is 7.25. The molecule has 0 fully saturated rings. The van der Waals surface area contributed by atoms with Crippen LogP contribution in [-0.2, 0) is 0 Å². The summed E-state index contributed by atoms with van der Waals surface area (Å²) in [5, 5.41) is 13.0. The first-order valence-corrected chi connectivity index (χ1v) is 5.33. The fraction of sp³-hybridized carbons (Fsp3) is 0.364. The number of hydrogen-bond acceptors (Lipinski definition) is 2. The number of hydrogen-bond donors (Lipinski definition) is 1. The SMILES string of the molecule is CCN(CC)C(=NO)c1ccc(Cl)cc1. The highest BCUT2D eigenvalue weighted by atomic mass is 35.5. The maximum Gasteiger partial charge on any atom is 0.175 e. The summed E-state index contributed by atoms with van der Waals surface area (Å²) >= 11 is 5.79. The fourth-order valence-electron chi connectivity index (χ4n) is 1.43. The highest BCUT2D eigenvalue weighted by Gasteiger charge is 2.10. The van der Waals surface area contributed by atoms with Crippen molar-refractivity contribution in [2.24, 2.45) is 5.16 Å². The second kappa shape index (κ2) is 5.61. The van der Waals surface area contributed by atoms with Gasteiger partial charge in [-0.05, 0) is 38.1 Å². The summed E-state index contributed by atoms with van der Waals surface area (Å²) < 4.78 is 0. The van der Waals surface area contributed by atoms with Gasteiger partial charge in [-0.15, -0.1) is 0 Å². The molecule has 0 spiro atoms. The lowest BCUT2D eigenvalue weighted by Crippen LogP contribution is -2.31. The van der Waals surface area contributed by atoms with Gasteiger partial charge >= 0.3 is 0 Å². The third-order valence-electron chi connectivity index (χ3n) is 2.26. The van der Waals surface area contributed by atoms with E-state index >= 15 is 0 Å². The van der Waals surface area contributed by atoms with Gasteiger partial charge in [-0.25, -0.2) is 0 Å². The summed E-state index contributed by atoms with van der Waals surface area (Å²) in [5.41, 5.74) is 0.866. The summed E-state index contributed by atoms with van der Waals surface area (Å²) in [5.74, 6) is 0.580. The monoisotopic (exact) mass is 226 g/mol. The van der Waals surface area contributed by atoms with Gasteiger partial charge in [0, 0.05) is 23.7 Å². The normalized spacial score (nSPS) is 11.5. The molecular formula is C11H15ClN2O. The lowest BCUT2D eigenvalue weighted by atomic mass is 10.2. The average molecular weight is 227 g/mol. The zero-order valence-electron chi connectivity index (χ0n) is 8.94. The van der Waals surface area contributed by atoms with Crippen molar-refractivity contribution in [1.29, 1.82) is 0 Å². The van der Waals surface area contributed by atoms with Crippen molar-refractivity contribution in [1.82, 2.24) is 4.90 Å². The Morgan fingerprint density at radius 2 is 1.80 bits per heavy atom. The first-order valence-electron chi connectivity index (χ1n) is 4.95. The highest BCUT2D eigenvalue weighted by Crippen LogP contribution is 2.12. The number of amidine groups is 1. The molecule has 0 atom stereocenters. The lowest BCUT2D eigenvalue weighted by Gasteiger charge is -2.21. The Labute approximate surface area is 95.0 Å². The van der Waals surface area contributed by atoms with Crippen LogP contribution in [0, 0.1) is 0 Å². The van der Waals surface area contributed by atoms with Crippen molar-refractivity contribution in [3.05, 3.63) is 34.9 Å². The van der Waals surface area contributed by atoms with E-state index in [0.717, 1.165) is 18.7 Å². The van der Waals surface area contributed by atoms with Gasteiger partial charge in [0.25, 0.3) is 0 Å². The molecule has 0 aliphatic rings. The molecule has 1 N–H and O–H groups in total. The van der Waals surface area contributed by atoms with E-state index < -0.39 is 0 Å². The molecule has 0 heterocycles. The van der Waals surface area contributed by atoms with Crippen LogP contribution in [0.4, 0.5) is 0 Å². The van der Waals surface area contributed by atoms with Crippen molar-refractivity contribution in [3.63, 3.8) is 0 Å². The second-order valence-electron chi connectivity index (χ2n) is 3.10. The Kier molecular flexibility index (Phi) is 4.43. The highest BCUT2D eigenvalue weighted by molar-refractivity contribution is 6.30. The molecule has 4 heteroatoms. The van der Waals surface area contributed by atoms with Crippen LogP contribution in [0.25, 0.3) is 0 Å². The van der Waals surface area contributed by atoms with E-state index in [2.05, 4.69) is 5.16 Å². The van der Waals surface area contributed by atoms with E-state index in [1.807, 2.05) is 30.9 Å². The predicted molar refractivity (Wildman–Crippen MR) is 62.7 cm³/mol. The molecule has 0 unspecified atom stereocenters. The largest absolute Gasteiger partial charge is 0.409 e. The van der Waals surface area contributed by atoms with Gasteiger partial charge in [0.15, 0.2) is 5.84 Å². The third kappa shape index (κ3) is 2.86. The summed E-state index contributed by atoms with van der Waals surface area (Å²) in [4.78, 5) is 1.98. The quantitative estimate of drug-likeness (QED) is 0.372. The van der Waals surface area contributed by atoms with Crippen LogP contribution in [-0.4, -0.2) is 29.0 Å². The molecule has 3 nitrogen and oxygen atoms in total. The van der Waals surface area contributed by atoms with Crippen LogP contribution >= 0.6 is 11.6 Å². The number of oxime groups is 1. The third-order valence-corrected chi connectivity index (χ3v) is 2.51.